The van der Waals surface area contributed by atoms with E-state index in [-0.39, 0.29) is 12.0 Å². The summed E-state index contributed by atoms with van der Waals surface area (Å²) in [7, 11) is 0. The van der Waals surface area contributed by atoms with E-state index < -0.39 is 23.6 Å². The first kappa shape index (κ1) is 18.2. The summed E-state index contributed by atoms with van der Waals surface area (Å²) < 4.78 is 5.60. The van der Waals surface area contributed by atoms with E-state index in [1.807, 2.05) is 0 Å². The molecule has 1 aromatic carbocycles. The minimum Gasteiger partial charge on any atom is -0.477 e. The van der Waals surface area contributed by atoms with Crippen LogP contribution in [0.1, 0.15) is 23.2 Å². The third-order valence-electron chi connectivity index (χ3n) is 3.98. The summed E-state index contributed by atoms with van der Waals surface area (Å²) in [5, 5.41) is 2.59. The molecule has 0 saturated carbocycles. The molecule has 1 aliphatic rings. The van der Waals surface area contributed by atoms with Crippen LogP contribution in [-0.2, 0) is 9.59 Å². The maximum atomic E-state index is 12.8. The summed E-state index contributed by atoms with van der Waals surface area (Å²) in [6.45, 7) is 0.384. The van der Waals surface area contributed by atoms with Crippen LogP contribution in [0.2, 0.25) is 0 Å². The van der Waals surface area contributed by atoms with Crippen LogP contribution >= 0.6 is 0 Å². The fourth-order valence-corrected chi connectivity index (χ4v) is 2.65. The number of fused-ring (bicyclic) bond motifs is 4. The average molecular weight is 366 g/mol. The highest BCUT2D eigenvalue weighted by Crippen LogP contribution is 2.22. The summed E-state index contributed by atoms with van der Waals surface area (Å²) in [6.07, 6.45) is 5.78. The molecule has 2 heterocycles. The Morgan fingerprint density at radius 3 is 2.70 bits per heavy atom. The number of carbonyl (C=O) groups excluding carboxylic acids is 3. The molecule has 27 heavy (non-hydrogen) atoms. The normalized spacial score (nSPS) is 18.2. The number of nitrogens with two attached hydrogens (primary N) is 1. The maximum Gasteiger partial charge on any atom is 0.287 e. The Morgan fingerprint density at radius 1 is 1.15 bits per heavy atom. The number of amides is 2. The van der Waals surface area contributed by atoms with Crippen LogP contribution < -0.4 is 15.8 Å². The Kier molecular flexibility index (Phi) is 5.55. The third-order valence-corrected chi connectivity index (χ3v) is 3.98. The van der Waals surface area contributed by atoms with E-state index in [0.717, 1.165) is 0 Å². The average Bonchev–Trinajstić information content (AvgIpc) is 2.68. The fraction of sp³-hybridized carbons (Fsp3) is 0.211. The summed E-state index contributed by atoms with van der Waals surface area (Å²) in [5.41, 5.74) is 5.87. The van der Waals surface area contributed by atoms with Crippen molar-refractivity contribution in [3.8, 4) is 17.3 Å². The molecule has 138 valence electrons. The van der Waals surface area contributed by atoms with E-state index in [9.17, 15) is 14.4 Å². The number of ketones is 1. The monoisotopic (exact) mass is 366 g/mol. The highest BCUT2D eigenvalue weighted by atomic mass is 16.5. The number of Topliss-reactive ketones (excluding diaryl/α,β-unsaturated/α-hetero) is 1. The SMILES string of the molecule is NC(=O)C(=O)[C@@H]1C/C=C\CCOc2ccnc(n2)-c2ccccc2C(=O)N1. The number of primary amides is 1. The van der Waals surface area contributed by atoms with Gasteiger partial charge in [0.1, 0.15) is 6.04 Å². The molecule has 2 bridgehead atoms. The van der Waals surface area contributed by atoms with Crippen molar-refractivity contribution in [1.29, 1.82) is 0 Å². The summed E-state index contributed by atoms with van der Waals surface area (Å²) in [4.78, 5) is 44.7. The third kappa shape index (κ3) is 4.35. The zero-order valence-corrected chi connectivity index (χ0v) is 14.4. The van der Waals surface area contributed by atoms with Gasteiger partial charge >= 0.3 is 0 Å². The molecular formula is C19H18N4O4. The molecule has 3 rings (SSSR count). The lowest BCUT2D eigenvalue weighted by molar-refractivity contribution is -0.137. The van der Waals surface area contributed by atoms with Gasteiger partial charge in [0.05, 0.1) is 12.2 Å². The van der Waals surface area contributed by atoms with Gasteiger partial charge in [-0.2, -0.15) is 4.98 Å². The Hall–Kier alpha value is -3.55. The van der Waals surface area contributed by atoms with E-state index in [1.165, 1.54) is 0 Å². The maximum absolute atomic E-state index is 12.8. The van der Waals surface area contributed by atoms with E-state index in [0.29, 0.717) is 30.3 Å². The van der Waals surface area contributed by atoms with Crippen LogP contribution in [0.5, 0.6) is 5.88 Å². The second-order valence-corrected chi connectivity index (χ2v) is 5.86. The van der Waals surface area contributed by atoms with Crippen molar-refractivity contribution in [2.24, 2.45) is 5.73 Å². The first-order valence-electron chi connectivity index (χ1n) is 8.41. The zero-order valence-electron chi connectivity index (χ0n) is 14.4. The molecule has 0 fully saturated rings. The molecule has 1 atom stereocenters. The first-order chi connectivity index (χ1) is 13.1. The van der Waals surface area contributed by atoms with Crippen molar-refractivity contribution in [3.05, 3.63) is 54.2 Å². The van der Waals surface area contributed by atoms with Gasteiger partial charge in [0.25, 0.3) is 11.8 Å². The molecule has 8 heteroatoms. The van der Waals surface area contributed by atoms with Gasteiger partial charge in [-0.25, -0.2) is 4.98 Å². The highest BCUT2D eigenvalue weighted by Gasteiger charge is 2.25. The van der Waals surface area contributed by atoms with Gasteiger partial charge < -0.3 is 15.8 Å². The van der Waals surface area contributed by atoms with Gasteiger partial charge in [-0.15, -0.1) is 0 Å². The smallest absolute Gasteiger partial charge is 0.287 e. The van der Waals surface area contributed by atoms with Crippen LogP contribution in [0.15, 0.2) is 48.7 Å². The summed E-state index contributed by atoms with van der Waals surface area (Å²) in [5.74, 6) is -1.74. The Balaban J connectivity index is 2.03. The second-order valence-electron chi connectivity index (χ2n) is 5.86. The van der Waals surface area contributed by atoms with Crippen molar-refractivity contribution in [3.63, 3.8) is 0 Å². The minimum atomic E-state index is -1.09. The van der Waals surface area contributed by atoms with Gasteiger partial charge in [-0.05, 0) is 18.9 Å². The number of nitrogens with one attached hydrogen (secondary N) is 1. The van der Waals surface area contributed by atoms with Gasteiger partial charge in [-0.1, -0.05) is 30.4 Å². The van der Waals surface area contributed by atoms with E-state index in [4.69, 9.17) is 10.5 Å². The number of benzene rings is 1. The number of nitrogens with zero attached hydrogens (tertiary/aromatic N) is 2. The van der Waals surface area contributed by atoms with Crippen molar-refractivity contribution in [2.75, 3.05) is 6.61 Å². The molecule has 0 saturated heterocycles. The minimum absolute atomic E-state index is 0.150. The van der Waals surface area contributed by atoms with E-state index >= 15 is 0 Å². The lowest BCUT2D eigenvalue weighted by Crippen LogP contribution is -2.45. The predicted molar refractivity (Wildman–Crippen MR) is 96.8 cm³/mol. The topological polar surface area (TPSA) is 124 Å². The van der Waals surface area contributed by atoms with Crippen molar-refractivity contribution < 1.29 is 19.1 Å². The molecule has 8 nitrogen and oxygen atoms in total. The van der Waals surface area contributed by atoms with Gasteiger partial charge in [-0.3, -0.25) is 14.4 Å². The molecule has 1 aromatic heterocycles. The van der Waals surface area contributed by atoms with Crippen LogP contribution in [0.3, 0.4) is 0 Å². The molecule has 3 N–H and O–H groups in total. The number of rotatable bonds is 2. The van der Waals surface area contributed by atoms with Crippen molar-refractivity contribution in [1.82, 2.24) is 15.3 Å². The zero-order chi connectivity index (χ0) is 19.2. The molecule has 0 spiro atoms. The fourth-order valence-electron chi connectivity index (χ4n) is 2.65. The number of aromatic nitrogens is 2. The summed E-state index contributed by atoms with van der Waals surface area (Å²) >= 11 is 0. The lowest BCUT2D eigenvalue weighted by atomic mass is 10.0. The van der Waals surface area contributed by atoms with Crippen LogP contribution in [0.25, 0.3) is 11.4 Å². The number of carbonyl (C=O) groups is 3. The molecule has 0 unspecified atom stereocenters. The molecular weight excluding hydrogens is 348 g/mol. The van der Waals surface area contributed by atoms with Crippen LogP contribution in [0, 0.1) is 0 Å². The molecule has 0 radical (unpaired) electrons. The second kappa shape index (κ2) is 8.22. The summed E-state index contributed by atoms with van der Waals surface area (Å²) in [6, 6.07) is 7.33. The van der Waals surface area contributed by atoms with Crippen LogP contribution in [-0.4, -0.2) is 40.2 Å². The van der Waals surface area contributed by atoms with Gasteiger partial charge in [0.15, 0.2) is 5.82 Å². The molecule has 0 aliphatic carbocycles. The molecule has 2 aromatic rings. The first-order valence-corrected chi connectivity index (χ1v) is 8.41. The lowest BCUT2D eigenvalue weighted by Gasteiger charge is -2.16. The Labute approximate surface area is 155 Å². The number of ether oxygens (including phenoxy) is 1. The number of hydrogen-bond acceptors (Lipinski definition) is 6. The quantitative estimate of drug-likeness (QED) is 0.604. The van der Waals surface area contributed by atoms with Crippen molar-refractivity contribution in [2.45, 2.75) is 18.9 Å². The van der Waals surface area contributed by atoms with E-state index in [2.05, 4.69) is 15.3 Å². The molecule has 2 amide bonds. The van der Waals surface area contributed by atoms with Crippen LogP contribution in [0.4, 0.5) is 0 Å². The molecule has 1 aliphatic heterocycles. The number of hydrogen-bond donors (Lipinski definition) is 2. The standard InChI is InChI=1S/C19H18N4O4/c20-17(25)16(24)14-8-2-1-5-11-27-15-9-10-21-18(23-15)12-6-3-4-7-13(12)19(26)22-14/h1-4,6-7,9-10,14H,5,8,11H2,(H2,20,25)(H,22,26)/b2-1-/t14-/m0/s1. The van der Waals surface area contributed by atoms with Gasteiger partial charge in [0, 0.05) is 17.8 Å². The largest absolute Gasteiger partial charge is 0.477 e. The highest BCUT2D eigenvalue weighted by molar-refractivity contribution is 6.38. The predicted octanol–water partition coefficient (Wildman–Crippen LogP) is 1.03. The van der Waals surface area contributed by atoms with Crippen molar-refractivity contribution >= 4 is 17.6 Å². The Bertz CT molecular complexity index is 910. The van der Waals surface area contributed by atoms with E-state index in [1.54, 1.807) is 48.7 Å². The Morgan fingerprint density at radius 2 is 1.93 bits per heavy atom. The van der Waals surface area contributed by atoms with Gasteiger partial charge in [0.2, 0.25) is 11.7 Å².